The van der Waals surface area contributed by atoms with Gasteiger partial charge in [-0.05, 0) is 118 Å². The number of hydrogen-bond acceptors (Lipinski definition) is 3. The van der Waals surface area contributed by atoms with Crippen LogP contribution in [0.3, 0.4) is 0 Å². The lowest BCUT2D eigenvalue weighted by Crippen LogP contribution is -2.19. The van der Waals surface area contributed by atoms with Crippen LogP contribution < -0.4 is 10.2 Å². The third-order valence-electron chi connectivity index (χ3n) is 5.65. The zero-order chi connectivity index (χ0) is 23.9. The van der Waals surface area contributed by atoms with Crippen molar-refractivity contribution in [3.63, 3.8) is 0 Å². The number of hydrazone groups is 1. The van der Waals surface area contributed by atoms with E-state index < -0.39 is 0 Å². The number of aryl methyl sites for hydroxylation is 1. The first kappa shape index (κ1) is 25.0. The van der Waals surface area contributed by atoms with Crippen LogP contribution in [0.15, 0.2) is 65.8 Å². The topological polar surface area (TPSA) is 55.6 Å². The van der Waals surface area contributed by atoms with E-state index in [1.807, 2.05) is 24.3 Å². The molecule has 1 N–H and O–H groups in total. The average molecular weight is 679 g/mol. The number of fused-ring (bicyclic) bond motifs is 3. The Labute approximate surface area is 227 Å². The van der Waals surface area contributed by atoms with E-state index in [-0.39, 0.29) is 5.91 Å². The van der Waals surface area contributed by atoms with Crippen LogP contribution in [0.4, 0.5) is 0 Å². The molecule has 34 heavy (non-hydrogen) atoms. The molecule has 0 aliphatic heterocycles. The molecule has 0 bridgehead atoms. The van der Waals surface area contributed by atoms with Gasteiger partial charge in [-0.3, -0.25) is 4.79 Å². The number of nitrogens with one attached hydrogen (secondary N) is 1. The maximum absolute atomic E-state index is 12.5. The van der Waals surface area contributed by atoms with Crippen LogP contribution in [-0.4, -0.2) is 23.3 Å². The summed E-state index contributed by atoms with van der Waals surface area (Å²) in [6.07, 6.45) is 5.43. The summed E-state index contributed by atoms with van der Waals surface area (Å²) < 4.78 is 10.4. The Kier molecular flexibility index (Phi) is 8.82. The summed E-state index contributed by atoms with van der Waals surface area (Å²) in [6, 6.07) is 20.6. The van der Waals surface area contributed by atoms with Crippen LogP contribution in [0.5, 0.6) is 5.75 Å². The van der Waals surface area contributed by atoms with Crippen molar-refractivity contribution in [1.29, 1.82) is 0 Å². The van der Waals surface area contributed by atoms with E-state index in [0.717, 1.165) is 35.4 Å². The number of ether oxygens (including phenoxy) is 1. The van der Waals surface area contributed by atoms with Crippen molar-refractivity contribution in [3.8, 4) is 5.75 Å². The highest BCUT2D eigenvalue weighted by atomic mass is 127. The standard InChI is InChI=1S/C27H27I2N3O2/c1-2-3-4-15-34-22-9-5-19(6-10-22)18-30-31-27(33)13-14-32-25-11-7-20(28)16-23(25)24-17-21(29)8-12-26(24)32/h5-12,16-18H,2-4,13-15H2,1H3,(H,31,33)/b30-18-. The number of hydrogen-bond donors (Lipinski definition) is 1. The van der Waals surface area contributed by atoms with E-state index >= 15 is 0 Å². The predicted octanol–water partition coefficient (Wildman–Crippen LogP) is 7.11. The first-order valence-electron chi connectivity index (χ1n) is 11.5. The Hall–Kier alpha value is -2.14. The van der Waals surface area contributed by atoms with Crippen molar-refractivity contribution in [1.82, 2.24) is 9.99 Å². The van der Waals surface area contributed by atoms with Crippen molar-refractivity contribution in [2.24, 2.45) is 5.10 Å². The zero-order valence-corrected chi connectivity index (χ0v) is 23.4. The van der Waals surface area contributed by atoms with Gasteiger partial charge in [0.05, 0.1) is 12.8 Å². The van der Waals surface area contributed by atoms with Gasteiger partial charge < -0.3 is 9.30 Å². The number of aromatic nitrogens is 1. The van der Waals surface area contributed by atoms with Crippen molar-refractivity contribution in [2.75, 3.05) is 6.61 Å². The lowest BCUT2D eigenvalue weighted by Gasteiger charge is -2.07. The van der Waals surface area contributed by atoms with Crippen LogP contribution in [0, 0.1) is 7.14 Å². The van der Waals surface area contributed by atoms with Gasteiger partial charge in [0.2, 0.25) is 5.91 Å². The van der Waals surface area contributed by atoms with E-state index in [1.54, 1.807) is 6.21 Å². The number of rotatable bonds is 10. The number of nitrogens with zero attached hydrogens (tertiary/aromatic N) is 2. The summed E-state index contributed by atoms with van der Waals surface area (Å²) in [4.78, 5) is 12.5. The van der Waals surface area contributed by atoms with Crippen LogP contribution in [0.2, 0.25) is 0 Å². The van der Waals surface area contributed by atoms with Crippen LogP contribution >= 0.6 is 45.2 Å². The number of unbranched alkanes of at least 4 members (excludes halogenated alkanes) is 2. The van der Waals surface area contributed by atoms with E-state index in [0.29, 0.717) is 13.0 Å². The molecule has 4 aromatic rings. The Balaban J connectivity index is 1.36. The number of carbonyl (C=O) groups is 1. The Morgan fingerprint density at radius 3 is 2.24 bits per heavy atom. The first-order chi connectivity index (χ1) is 16.5. The van der Waals surface area contributed by atoms with Gasteiger partial charge in [-0.25, -0.2) is 5.43 Å². The minimum Gasteiger partial charge on any atom is -0.494 e. The maximum Gasteiger partial charge on any atom is 0.241 e. The molecular weight excluding hydrogens is 652 g/mol. The molecule has 0 fully saturated rings. The zero-order valence-electron chi connectivity index (χ0n) is 19.1. The number of halogens is 2. The first-order valence-corrected chi connectivity index (χ1v) is 13.6. The summed E-state index contributed by atoms with van der Waals surface area (Å²) >= 11 is 4.69. The second-order valence-corrected chi connectivity index (χ2v) is 10.6. The Morgan fingerprint density at radius 2 is 1.62 bits per heavy atom. The highest BCUT2D eigenvalue weighted by Crippen LogP contribution is 2.31. The molecule has 0 aliphatic carbocycles. The molecule has 4 rings (SSSR count). The summed E-state index contributed by atoms with van der Waals surface area (Å²) in [5.74, 6) is 0.742. The van der Waals surface area contributed by atoms with Crippen molar-refractivity contribution < 1.29 is 9.53 Å². The van der Waals surface area contributed by atoms with E-state index in [1.165, 1.54) is 30.8 Å². The van der Waals surface area contributed by atoms with E-state index in [2.05, 4.69) is 104 Å². The van der Waals surface area contributed by atoms with Gasteiger partial charge in [-0.2, -0.15) is 5.10 Å². The Morgan fingerprint density at radius 1 is 0.971 bits per heavy atom. The highest BCUT2D eigenvalue weighted by Gasteiger charge is 2.12. The van der Waals surface area contributed by atoms with Crippen LogP contribution in [-0.2, 0) is 11.3 Å². The molecule has 0 unspecified atom stereocenters. The third kappa shape index (κ3) is 6.29. The lowest BCUT2D eigenvalue weighted by atomic mass is 10.2. The molecule has 0 saturated heterocycles. The number of carbonyl (C=O) groups excluding carboxylic acids is 1. The molecule has 176 valence electrons. The monoisotopic (exact) mass is 679 g/mol. The van der Waals surface area contributed by atoms with Crippen LogP contribution in [0.1, 0.15) is 38.2 Å². The fourth-order valence-corrected chi connectivity index (χ4v) is 4.91. The van der Waals surface area contributed by atoms with Gasteiger partial charge in [-0.1, -0.05) is 19.8 Å². The number of amides is 1. The van der Waals surface area contributed by atoms with E-state index in [4.69, 9.17) is 4.74 Å². The molecule has 0 aliphatic rings. The van der Waals surface area contributed by atoms with Crippen molar-refractivity contribution in [3.05, 3.63) is 73.4 Å². The molecule has 1 heterocycles. The maximum atomic E-state index is 12.5. The molecule has 3 aromatic carbocycles. The smallest absolute Gasteiger partial charge is 0.241 e. The third-order valence-corrected chi connectivity index (χ3v) is 6.99. The fraction of sp³-hybridized carbons (Fsp3) is 0.259. The molecule has 1 aromatic heterocycles. The largest absolute Gasteiger partial charge is 0.494 e. The molecule has 0 radical (unpaired) electrons. The van der Waals surface area contributed by atoms with Crippen molar-refractivity contribution in [2.45, 2.75) is 39.2 Å². The minimum atomic E-state index is -0.113. The predicted molar refractivity (Wildman–Crippen MR) is 157 cm³/mol. The molecule has 5 nitrogen and oxygen atoms in total. The van der Waals surface area contributed by atoms with Gasteiger partial charge in [0.25, 0.3) is 0 Å². The van der Waals surface area contributed by atoms with Crippen LogP contribution in [0.25, 0.3) is 21.8 Å². The quantitative estimate of drug-likeness (QED) is 0.0841. The SMILES string of the molecule is CCCCCOc1ccc(/C=N\NC(=O)CCn2c3ccc(I)cc3c3cc(I)ccc32)cc1. The van der Waals surface area contributed by atoms with Gasteiger partial charge in [-0.15, -0.1) is 0 Å². The molecule has 7 heteroatoms. The second-order valence-electron chi connectivity index (χ2n) is 8.14. The van der Waals surface area contributed by atoms with Gasteiger partial charge in [0, 0.05) is 41.9 Å². The minimum absolute atomic E-state index is 0.113. The summed E-state index contributed by atoms with van der Waals surface area (Å²) in [7, 11) is 0. The molecule has 0 spiro atoms. The summed E-state index contributed by atoms with van der Waals surface area (Å²) in [6.45, 7) is 3.51. The lowest BCUT2D eigenvalue weighted by molar-refractivity contribution is -0.121. The second kappa shape index (κ2) is 12.0. The van der Waals surface area contributed by atoms with Gasteiger partial charge in [0.1, 0.15) is 5.75 Å². The molecule has 1 amide bonds. The average Bonchev–Trinajstić information content (AvgIpc) is 3.13. The summed E-state index contributed by atoms with van der Waals surface area (Å²) in [5.41, 5.74) is 5.85. The summed E-state index contributed by atoms with van der Waals surface area (Å²) in [5, 5.41) is 6.57. The van der Waals surface area contributed by atoms with E-state index in [9.17, 15) is 4.79 Å². The highest BCUT2D eigenvalue weighted by molar-refractivity contribution is 14.1. The normalized spacial score (nSPS) is 11.5. The molecule has 0 saturated carbocycles. The van der Waals surface area contributed by atoms with Gasteiger partial charge >= 0.3 is 0 Å². The molecule has 0 atom stereocenters. The van der Waals surface area contributed by atoms with Gasteiger partial charge in [0.15, 0.2) is 0 Å². The number of benzene rings is 3. The Bertz CT molecular complexity index is 1250. The van der Waals surface area contributed by atoms with Crippen molar-refractivity contribution >= 4 is 79.1 Å². The fourth-order valence-electron chi connectivity index (χ4n) is 3.93. The molecular formula is C27H27I2N3O2.